The number of likely N-dealkylation sites (tertiary alicyclic amines) is 1. The van der Waals surface area contributed by atoms with Crippen LogP contribution in [0.2, 0.25) is 0 Å². The first-order valence-corrected chi connectivity index (χ1v) is 6.41. The predicted molar refractivity (Wildman–Crippen MR) is 76.9 cm³/mol. The lowest BCUT2D eigenvalue weighted by molar-refractivity contribution is -0.141. The Balaban J connectivity index is 2.07. The van der Waals surface area contributed by atoms with Crippen LogP contribution in [0.4, 0.5) is 5.69 Å². The van der Waals surface area contributed by atoms with Crippen molar-refractivity contribution in [1.82, 2.24) is 4.90 Å². The molecule has 0 atom stereocenters. The summed E-state index contributed by atoms with van der Waals surface area (Å²) in [6.07, 6.45) is 0.325. The molecule has 0 aromatic heterocycles. The summed E-state index contributed by atoms with van der Waals surface area (Å²) in [5.74, 6) is -1.11. The Morgan fingerprint density at radius 1 is 1.25 bits per heavy atom. The molecule has 104 valence electrons. The van der Waals surface area contributed by atoms with Crippen LogP contribution >= 0.6 is 12.2 Å². The molecule has 1 aliphatic rings. The Morgan fingerprint density at radius 2 is 1.85 bits per heavy atom. The number of anilines is 1. The molecule has 0 bridgehead atoms. The highest BCUT2D eigenvalue weighted by atomic mass is 32.1. The fourth-order valence-electron chi connectivity index (χ4n) is 1.94. The van der Waals surface area contributed by atoms with Gasteiger partial charge in [0.1, 0.15) is 11.5 Å². The van der Waals surface area contributed by atoms with Gasteiger partial charge >= 0.3 is 0 Å². The summed E-state index contributed by atoms with van der Waals surface area (Å²) in [6, 6.07) is 6.81. The maximum atomic E-state index is 11.9. The molecule has 0 unspecified atom stereocenters. The van der Waals surface area contributed by atoms with E-state index in [1.807, 2.05) is 0 Å². The van der Waals surface area contributed by atoms with Gasteiger partial charge in [-0.2, -0.15) is 0 Å². The quantitative estimate of drug-likeness (QED) is 0.619. The molecular formula is C13H13N3O3S. The van der Waals surface area contributed by atoms with Gasteiger partial charge in [0.15, 0.2) is 0 Å². The summed E-state index contributed by atoms with van der Waals surface area (Å²) < 4.78 is 0. The van der Waals surface area contributed by atoms with E-state index >= 15 is 0 Å². The van der Waals surface area contributed by atoms with Gasteiger partial charge in [0, 0.05) is 18.4 Å². The highest BCUT2D eigenvalue weighted by Crippen LogP contribution is 2.16. The number of rotatable bonds is 4. The van der Waals surface area contributed by atoms with E-state index in [2.05, 4.69) is 5.32 Å². The van der Waals surface area contributed by atoms with Crippen LogP contribution in [0.25, 0.3) is 0 Å². The number of amides is 3. The van der Waals surface area contributed by atoms with Crippen LogP contribution in [0, 0.1) is 0 Å². The minimum Gasteiger partial charge on any atom is -0.389 e. The average Bonchev–Trinajstić information content (AvgIpc) is 2.71. The fourth-order valence-corrected chi connectivity index (χ4v) is 2.12. The van der Waals surface area contributed by atoms with Gasteiger partial charge in [0.25, 0.3) is 0 Å². The summed E-state index contributed by atoms with van der Waals surface area (Å²) in [6.45, 7) is -0.288. The first-order valence-electron chi connectivity index (χ1n) is 6.01. The van der Waals surface area contributed by atoms with Gasteiger partial charge in [-0.05, 0) is 12.1 Å². The Labute approximate surface area is 120 Å². The number of nitrogens with two attached hydrogens (primary N) is 1. The van der Waals surface area contributed by atoms with E-state index in [1.54, 1.807) is 24.3 Å². The molecule has 7 heteroatoms. The van der Waals surface area contributed by atoms with E-state index in [1.165, 1.54) is 0 Å². The molecular weight excluding hydrogens is 278 g/mol. The number of carbonyl (C=O) groups excluding carboxylic acids is 3. The molecule has 1 saturated heterocycles. The molecule has 1 aromatic carbocycles. The fraction of sp³-hybridized carbons (Fsp3) is 0.231. The average molecular weight is 291 g/mol. The molecule has 20 heavy (non-hydrogen) atoms. The second-order valence-electron chi connectivity index (χ2n) is 4.33. The molecule has 3 N–H and O–H groups in total. The zero-order valence-electron chi connectivity index (χ0n) is 10.6. The van der Waals surface area contributed by atoms with Gasteiger partial charge in [-0.15, -0.1) is 0 Å². The van der Waals surface area contributed by atoms with Gasteiger partial charge in [-0.25, -0.2) is 0 Å². The van der Waals surface area contributed by atoms with E-state index in [0.717, 1.165) is 4.90 Å². The van der Waals surface area contributed by atoms with Crippen LogP contribution < -0.4 is 11.1 Å². The molecule has 0 radical (unpaired) electrons. The van der Waals surface area contributed by atoms with Crippen molar-refractivity contribution < 1.29 is 14.4 Å². The number of nitrogens with one attached hydrogen (secondary N) is 1. The second-order valence-corrected chi connectivity index (χ2v) is 4.77. The summed E-state index contributed by atoms with van der Waals surface area (Å²) in [4.78, 5) is 35.9. The van der Waals surface area contributed by atoms with Crippen molar-refractivity contribution in [3.05, 3.63) is 29.8 Å². The van der Waals surface area contributed by atoms with Gasteiger partial charge in [0.05, 0.1) is 5.69 Å². The Kier molecular flexibility index (Phi) is 4.09. The Bertz CT molecular complexity index is 584. The molecule has 1 heterocycles. The monoisotopic (exact) mass is 291 g/mol. The lowest BCUT2D eigenvalue weighted by Gasteiger charge is -2.14. The van der Waals surface area contributed by atoms with Crippen LogP contribution in [0.5, 0.6) is 0 Å². The SMILES string of the molecule is NC(=S)c1ccccc1NC(=O)CN1C(=O)CCC1=O. The van der Waals surface area contributed by atoms with E-state index in [4.69, 9.17) is 18.0 Å². The number of benzene rings is 1. The number of para-hydroxylation sites is 1. The van der Waals surface area contributed by atoms with Crippen molar-refractivity contribution in [1.29, 1.82) is 0 Å². The lowest BCUT2D eigenvalue weighted by atomic mass is 10.2. The van der Waals surface area contributed by atoms with E-state index < -0.39 is 5.91 Å². The maximum absolute atomic E-state index is 11.9. The Morgan fingerprint density at radius 3 is 2.45 bits per heavy atom. The molecule has 0 aliphatic carbocycles. The zero-order chi connectivity index (χ0) is 14.7. The van der Waals surface area contributed by atoms with Crippen molar-refractivity contribution in [3.63, 3.8) is 0 Å². The standard InChI is InChI=1S/C13H13N3O3S/c14-13(20)8-3-1-2-4-9(8)15-10(17)7-16-11(18)5-6-12(16)19/h1-4H,5-7H2,(H2,14,20)(H,15,17). The zero-order valence-corrected chi connectivity index (χ0v) is 11.4. The Hall–Kier alpha value is -2.28. The second kappa shape index (κ2) is 5.79. The van der Waals surface area contributed by atoms with Crippen molar-refractivity contribution in [2.75, 3.05) is 11.9 Å². The predicted octanol–water partition coefficient (Wildman–Crippen LogP) is 0.408. The summed E-state index contributed by atoms with van der Waals surface area (Å²) >= 11 is 4.89. The molecule has 0 saturated carbocycles. The smallest absolute Gasteiger partial charge is 0.244 e. The van der Waals surface area contributed by atoms with Crippen LogP contribution in [0.3, 0.4) is 0 Å². The lowest BCUT2D eigenvalue weighted by Crippen LogP contribution is -2.37. The molecule has 0 spiro atoms. The minimum absolute atomic E-state index is 0.161. The highest BCUT2D eigenvalue weighted by Gasteiger charge is 2.30. The number of hydrogen-bond acceptors (Lipinski definition) is 4. The van der Waals surface area contributed by atoms with Gasteiger partial charge in [0.2, 0.25) is 17.7 Å². The molecule has 2 rings (SSSR count). The highest BCUT2D eigenvalue weighted by molar-refractivity contribution is 7.80. The summed E-state index contributed by atoms with van der Waals surface area (Å²) in [7, 11) is 0. The number of carbonyl (C=O) groups is 3. The summed E-state index contributed by atoms with van der Waals surface area (Å²) in [5.41, 5.74) is 6.56. The summed E-state index contributed by atoms with van der Waals surface area (Å²) in [5, 5.41) is 2.61. The molecule has 1 aliphatic heterocycles. The first-order chi connectivity index (χ1) is 9.49. The number of imide groups is 1. The topological polar surface area (TPSA) is 92.5 Å². The van der Waals surface area contributed by atoms with Crippen LogP contribution in [-0.2, 0) is 14.4 Å². The van der Waals surface area contributed by atoms with Crippen LogP contribution in [0.1, 0.15) is 18.4 Å². The van der Waals surface area contributed by atoms with Gasteiger partial charge < -0.3 is 11.1 Å². The molecule has 6 nitrogen and oxygen atoms in total. The number of hydrogen-bond donors (Lipinski definition) is 2. The van der Waals surface area contributed by atoms with Crippen molar-refractivity contribution in [2.45, 2.75) is 12.8 Å². The normalized spacial score (nSPS) is 14.5. The van der Waals surface area contributed by atoms with Crippen LogP contribution in [0.15, 0.2) is 24.3 Å². The van der Waals surface area contributed by atoms with Gasteiger partial charge in [-0.1, -0.05) is 24.4 Å². The minimum atomic E-state index is -0.461. The first kappa shape index (κ1) is 14.1. The third-order valence-electron chi connectivity index (χ3n) is 2.92. The number of thiocarbonyl (C=S) groups is 1. The largest absolute Gasteiger partial charge is 0.389 e. The molecule has 3 amide bonds. The van der Waals surface area contributed by atoms with Crippen molar-refractivity contribution in [3.8, 4) is 0 Å². The van der Waals surface area contributed by atoms with E-state index in [9.17, 15) is 14.4 Å². The van der Waals surface area contributed by atoms with Gasteiger partial charge in [-0.3, -0.25) is 19.3 Å². The van der Waals surface area contributed by atoms with Crippen LogP contribution in [-0.4, -0.2) is 34.2 Å². The molecule has 1 fully saturated rings. The van der Waals surface area contributed by atoms with E-state index in [-0.39, 0.29) is 36.2 Å². The van der Waals surface area contributed by atoms with Crippen molar-refractivity contribution >= 4 is 40.6 Å². The maximum Gasteiger partial charge on any atom is 0.244 e. The third kappa shape index (κ3) is 3.00. The molecule has 1 aromatic rings. The van der Waals surface area contributed by atoms with E-state index in [0.29, 0.717) is 11.3 Å². The van der Waals surface area contributed by atoms with Crippen molar-refractivity contribution in [2.24, 2.45) is 5.73 Å². The third-order valence-corrected chi connectivity index (χ3v) is 3.14. The number of nitrogens with zero attached hydrogens (tertiary/aromatic N) is 1.